The summed E-state index contributed by atoms with van der Waals surface area (Å²) in [4.78, 5) is 10.8. The molecule has 0 aliphatic rings. The molecule has 0 spiro atoms. The van der Waals surface area contributed by atoms with E-state index in [0.29, 0.717) is 13.0 Å². The van der Waals surface area contributed by atoms with Crippen LogP contribution in [0.2, 0.25) is 0 Å². The third-order valence-corrected chi connectivity index (χ3v) is 2.76. The number of rotatable bonds is 4. The lowest BCUT2D eigenvalue weighted by Gasteiger charge is -2.11. The summed E-state index contributed by atoms with van der Waals surface area (Å²) in [7, 11) is 0. The minimum atomic E-state index is -0.297. The van der Waals surface area contributed by atoms with Crippen LogP contribution in [0.5, 0.6) is 0 Å². The van der Waals surface area contributed by atoms with Gasteiger partial charge in [0.25, 0.3) is 0 Å². The fourth-order valence-electron chi connectivity index (χ4n) is 1.72. The van der Waals surface area contributed by atoms with E-state index in [9.17, 15) is 4.79 Å². The molecule has 0 saturated heterocycles. The van der Waals surface area contributed by atoms with Crippen LogP contribution in [0.3, 0.4) is 0 Å². The number of aromatic nitrogens is 2. The SMILES string of the molecule is Cc1nn(CCC(N)=O)c(C)c1C=CC(C)(C)C. The van der Waals surface area contributed by atoms with Gasteiger partial charge in [0.15, 0.2) is 0 Å². The number of amides is 1. The highest BCUT2D eigenvalue weighted by atomic mass is 16.1. The van der Waals surface area contributed by atoms with Crippen molar-refractivity contribution in [2.75, 3.05) is 0 Å². The molecule has 1 rings (SSSR count). The van der Waals surface area contributed by atoms with E-state index in [1.165, 1.54) is 0 Å². The van der Waals surface area contributed by atoms with Gasteiger partial charge in [-0.25, -0.2) is 0 Å². The van der Waals surface area contributed by atoms with Crippen LogP contribution in [0.1, 0.15) is 44.1 Å². The van der Waals surface area contributed by atoms with E-state index in [0.717, 1.165) is 17.0 Å². The van der Waals surface area contributed by atoms with Gasteiger partial charge in [-0.1, -0.05) is 32.9 Å². The van der Waals surface area contributed by atoms with Gasteiger partial charge in [-0.2, -0.15) is 5.10 Å². The van der Waals surface area contributed by atoms with Crippen molar-refractivity contribution in [3.63, 3.8) is 0 Å². The van der Waals surface area contributed by atoms with E-state index in [-0.39, 0.29) is 11.3 Å². The fourth-order valence-corrected chi connectivity index (χ4v) is 1.72. The van der Waals surface area contributed by atoms with Crippen LogP contribution >= 0.6 is 0 Å². The number of hydrogen-bond acceptors (Lipinski definition) is 2. The number of carbonyl (C=O) groups excluding carboxylic acids is 1. The Labute approximate surface area is 109 Å². The average Bonchev–Trinajstić information content (AvgIpc) is 2.47. The van der Waals surface area contributed by atoms with Crippen LogP contribution < -0.4 is 5.73 Å². The number of nitrogens with zero attached hydrogens (tertiary/aromatic N) is 2. The van der Waals surface area contributed by atoms with Crippen LogP contribution in [-0.2, 0) is 11.3 Å². The number of aryl methyl sites for hydroxylation is 2. The van der Waals surface area contributed by atoms with E-state index in [2.05, 4.69) is 38.0 Å². The first-order chi connectivity index (χ1) is 8.20. The zero-order valence-electron chi connectivity index (χ0n) is 11.9. The van der Waals surface area contributed by atoms with Crippen LogP contribution in [0.15, 0.2) is 6.08 Å². The van der Waals surface area contributed by atoms with Gasteiger partial charge >= 0.3 is 0 Å². The number of allylic oxidation sites excluding steroid dienone is 1. The molecule has 4 heteroatoms. The minimum absolute atomic E-state index is 0.147. The second kappa shape index (κ2) is 5.38. The summed E-state index contributed by atoms with van der Waals surface area (Å²) in [5.41, 5.74) is 8.50. The summed E-state index contributed by atoms with van der Waals surface area (Å²) >= 11 is 0. The maximum Gasteiger partial charge on any atom is 0.219 e. The number of carbonyl (C=O) groups is 1. The van der Waals surface area contributed by atoms with Crippen LogP contribution in [-0.4, -0.2) is 15.7 Å². The predicted molar refractivity (Wildman–Crippen MR) is 74.0 cm³/mol. The molecule has 100 valence electrons. The Bertz CT molecular complexity index is 464. The Morgan fingerprint density at radius 1 is 1.39 bits per heavy atom. The number of primary amides is 1. The molecule has 0 saturated carbocycles. The molecule has 1 heterocycles. The van der Waals surface area contributed by atoms with Crippen molar-refractivity contribution in [3.05, 3.63) is 23.0 Å². The van der Waals surface area contributed by atoms with Gasteiger partial charge in [-0.15, -0.1) is 0 Å². The molecule has 1 aromatic heterocycles. The molecule has 18 heavy (non-hydrogen) atoms. The lowest BCUT2D eigenvalue weighted by Crippen LogP contribution is -2.15. The lowest BCUT2D eigenvalue weighted by atomic mass is 9.95. The molecule has 0 fully saturated rings. The predicted octanol–water partition coefficient (Wildman–Crippen LogP) is 2.43. The third-order valence-electron chi connectivity index (χ3n) is 2.76. The zero-order valence-corrected chi connectivity index (χ0v) is 11.9. The quantitative estimate of drug-likeness (QED) is 0.891. The molecule has 0 atom stereocenters. The van der Waals surface area contributed by atoms with Gasteiger partial charge in [0.2, 0.25) is 5.91 Å². The zero-order chi connectivity index (χ0) is 13.9. The Balaban J connectivity index is 2.94. The second-order valence-electron chi connectivity index (χ2n) is 5.72. The molecular formula is C14H23N3O. The summed E-state index contributed by atoms with van der Waals surface area (Å²) in [6.45, 7) is 11.0. The Kier molecular flexibility index (Phi) is 4.33. The molecule has 0 bridgehead atoms. The maximum atomic E-state index is 10.8. The third kappa shape index (κ3) is 4.02. The molecule has 0 unspecified atom stereocenters. The highest BCUT2D eigenvalue weighted by molar-refractivity contribution is 5.73. The molecule has 0 radical (unpaired) electrons. The van der Waals surface area contributed by atoms with Gasteiger partial charge < -0.3 is 5.73 Å². The van der Waals surface area contributed by atoms with Gasteiger partial charge in [0, 0.05) is 24.2 Å². The Morgan fingerprint density at radius 3 is 2.50 bits per heavy atom. The van der Waals surface area contributed by atoms with Crippen molar-refractivity contribution in [2.45, 2.75) is 47.6 Å². The molecule has 2 N–H and O–H groups in total. The summed E-state index contributed by atoms with van der Waals surface area (Å²) in [6, 6.07) is 0. The highest BCUT2D eigenvalue weighted by Gasteiger charge is 2.11. The molecule has 1 aromatic rings. The van der Waals surface area contributed by atoms with Crippen molar-refractivity contribution in [1.29, 1.82) is 0 Å². The van der Waals surface area contributed by atoms with E-state index in [1.807, 2.05) is 18.5 Å². The van der Waals surface area contributed by atoms with Crippen LogP contribution in [0.4, 0.5) is 0 Å². The van der Waals surface area contributed by atoms with Gasteiger partial charge in [0.1, 0.15) is 0 Å². The van der Waals surface area contributed by atoms with Crippen molar-refractivity contribution in [1.82, 2.24) is 9.78 Å². The first-order valence-corrected chi connectivity index (χ1v) is 6.22. The highest BCUT2D eigenvalue weighted by Crippen LogP contribution is 2.21. The van der Waals surface area contributed by atoms with Gasteiger partial charge in [-0.3, -0.25) is 9.48 Å². The normalized spacial score (nSPS) is 12.3. The van der Waals surface area contributed by atoms with E-state index >= 15 is 0 Å². The van der Waals surface area contributed by atoms with Crippen LogP contribution in [0.25, 0.3) is 6.08 Å². The smallest absolute Gasteiger partial charge is 0.219 e. The summed E-state index contributed by atoms with van der Waals surface area (Å²) < 4.78 is 1.85. The van der Waals surface area contributed by atoms with Crippen molar-refractivity contribution in [3.8, 4) is 0 Å². The molecule has 1 amide bonds. The first-order valence-electron chi connectivity index (χ1n) is 6.22. The number of nitrogens with two attached hydrogens (primary N) is 1. The van der Waals surface area contributed by atoms with Gasteiger partial charge in [-0.05, 0) is 19.3 Å². The standard InChI is InChI=1S/C14H23N3O/c1-10-12(6-8-14(3,4)5)11(2)17(16-10)9-7-13(15)18/h6,8H,7,9H2,1-5H3,(H2,15,18). The van der Waals surface area contributed by atoms with E-state index in [4.69, 9.17) is 5.73 Å². The summed E-state index contributed by atoms with van der Waals surface area (Å²) in [6.07, 6.45) is 4.60. The van der Waals surface area contributed by atoms with Crippen molar-refractivity contribution >= 4 is 12.0 Å². The average molecular weight is 249 g/mol. The Hall–Kier alpha value is -1.58. The van der Waals surface area contributed by atoms with E-state index < -0.39 is 0 Å². The molecule has 0 aliphatic carbocycles. The molecule has 4 nitrogen and oxygen atoms in total. The summed E-state index contributed by atoms with van der Waals surface area (Å²) in [5, 5.41) is 4.44. The van der Waals surface area contributed by atoms with Crippen molar-refractivity contribution < 1.29 is 4.79 Å². The number of hydrogen-bond donors (Lipinski definition) is 1. The summed E-state index contributed by atoms with van der Waals surface area (Å²) in [5.74, 6) is -0.297. The van der Waals surface area contributed by atoms with E-state index in [1.54, 1.807) is 0 Å². The lowest BCUT2D eigenvalue weighted by molar-refractivity contribution is -0.118. The van der Waals surface area contributed by atoms with Crippen LogP contribution in [0, 0.1) is 19.3 Å². The second-order valence-corrected chi connectivity index (χ2v) is 5.72. The molecular weight excluding hydrogens is 226 g/mol. The largest absolute Gasteiger partial charge is 0.370 e. The molecule has 0 aromatic carbocycles. The first kappa shape index (κ1) is 14.5. The monoisotopic (exact) mass is 249 g/mol. The maximum absolute atomic E-state index is 10.8. The fraction of sp³-hybridized carbons (Fsp3) is 0.571. The minimum Gasteiger partial charge on any atom is -0.370 e. The van der Waals surface area contributed by atoms with Crippen molar-refractivity contribution in [2.24, 2.45) is 11.1 Å². The Morgan fingerprint density at radius 2 is 2.00 bits per heavy atom. The molecule has 0 aliphatic heterocycles. The topological polar surface area (TPSA) is 60.9 Å². The van der Waals surface area contributed by atoms with Gasteiger partial charge in [0.05, 0.1) is 5.69 Å².